The van der Waals surface area contributed by atoms with Gasteiger partial charge < -0.3 is 0 Å². The zero-order chi connectivity index (χ0) is 23.3. The normalized spacial score (nSPS) is 11.5. The molecule has 0 heterocycles. The van der Waals surface area contributed by atoms with Crippen molar-refractivity contribution < 1.29 is 13.2 Å². The minimum absolute atomic E-state index is 0.165. The van der Waals surface area contributed by atoms with Crippen LogP contribution in [0.3, 0.4) is 0 Å². The number of hydrogen-bond acceptors (Lipinski definition) is 4. The molecule has 0 spiro atoms. The number of rotatable bonds is 7. The van der Waals surface area contributed by atoms with Gasteiger partial charge >= 0.3 is 0 Å². The topological polar surface area (TPSA) is 78.8 Å². The number of benzene rings is 3. The molecule has 0 saturated carbocycles. The number of aryl methyl sites for hydroxylation is 2. The van der Waals surface area contributed by atoms with Crippen molar-refractivity contribution in [1.82, 2.24) is 5.43 Å². The van der Waals surface area contributed by atoms with Crippen molar-refractivity contribution in [2.24, 2.45) is 5.10 Å². The van der Waals surface area contributed by atoms with E-state index < -0.39 is 10.0 Å². The Morgan fingerprint density at radius 2 is 1.66 bits per heavy atom. The molecule has 166 valence electrons. The molecule has 32 heavy (non-hydrogen) atoms. The van der Waals surface area contributed by atoms with Crippen LogP contribution in [0, 0.1) is 13.8 Å². The molecule has 3 aromatic carbocycles. The van der Waals surface area contributed by atoms with E-state index in [0.29, 0.717) is 16.3 Å². The number of hydrazone groups is 1. The Hall–Kier alpha value is -3.16. The second-order valence-electron chi connectivity index (χ2n) is 7.49. The lowest BCUT2D eigenvalue weighted by atomic mass is 10.1. The fourth-order valence-corrected chi connectivity index (χ4v) is 3.99. The van der Waals surface area contributed by atoms with E-state index in [1.165, 1.54) is 16.8 Å². The van der Waals surface area contributed by atoms with Crippen LogP contribution >= 0.6 is 11.6 Å². The van der Waals surface area contributed by atoms with E-state index in [0.717, 1.165) is 22.3 Å². The molecule has 0 aliphatic rings. The van der Waals surface area contributed by atoms with E-state index in [1.54, 1.807) is 54.6 Å². The minimum Gasteiger partial charge on any atom is -0.267 e. The molecular weight excluding hydrogens is 446 g/mol. The number of sulfonamides is 1. The van der Waals surface area contributed by atoms with Crippen molar-refractivity contribution in [3.8, 4) is 0 Å². The van der Waals surface area contributed by atoms with Gasteiger partial charge in [-0.15, -0.1) is 0 Å². The van der Waals surface area contributed by atoms with Crippen LogP contribution in [0.2, 0.25) is 5.02 Å². The maximum atomic E-state index is 12.4. The van der Waals surface area contributed by atoms with Crippen molar-refractivity contribution in [1.29, 1.82) is 0 Å². The lowest BCUT2D eigenvalue weighted by Crippen LogP contribution is -2.29. The summed E-state index contributed by atoms with van der Waals surface area (Å²) < 4.78 is 26.2. The third-order valence-electron chi connectivity index (χ3n) is 4.97. The number of halogens is 1. The van der Waals surface area contributed by atoms with Crippen LogP contribution < -0.4 is 9.73 Å². The van der Waals surface area contributed by atoms with Gasteiger partial charge in [0.05, 0.1) is 24.7 Å². The molecule has 1 N–H and O–H groups in total. The van der Waals surface area contributed by atoms with Crippen LogP contribution in [-0.4, -0.2) is 26.8 Å². The van der Waals surface area contributed by atoms with Crippen LogP contribution in [0.25, 0.3) is 0 Å². The molecule has 3 aromatic rings. The number of nitrogens with zero attached hydrogens (tertiary/aromatic N) is 2. The summed E-state index contributed by atoms with van der Waals surface area (Å²) in [6.45, 7) is 4.09. The number of anilines is 1. The Balaban J connectivity index is 1.69. The first-order chi connectivity index (χ1) is 15.1. The number of hydrogen-bond donors (Lipinski definition) is 1. The molecule has 0 radical (unpaired) electrons. The summed E-state index contributed by atoms with van der Waals surface area (Å²) in [7, 11) is -3.49. The van der Waals surface area contributed by atoms with Gasteiger partial charge in [-0.1, -0.05) is 41.9 Å². The molecule has 0 unspecified atom stereocenters. The molecule has 0 bridgehead atoms. The van der Waals surface area contributed by atoms with E-state index in [4.69, 9.17) is 11.6 Å². The predicted octanol–water partition coefficient (Wildman–Crippen LogP) is 4.69. The van der Waals surface area contributed by atoms with Crippen LogP contribution in [0.5, 0.6) is 0 Å². The Labute approximate surface area is 193 Å². The largest absolute Gasteiger partial charge is 0.271 e. The average Bonchev–Trinajstić information content (AvgIpc) is 2.75. The lowest BCUT2D eigenvalue weighted by molar-refractivity contribution is 0.0955. The molecule has 3 rings (SSSR count). The van der Waals surface area contributed by atoms with Crippen molar-refractivity contribution in [2.45, 2.75) is 20.4 Å². The van der Waals surface area contributed by atoms with Gasteiger partial charge in [-0.3, -0.25) is 9.10 Å². The van der Waals surface area contributed by atoms with Gasteiger partial charge in [0, 0.05) is 10.6 Å². The highest BCUT2D eigenvalue weighted by Crippen LogP contribution is 2.23. The third-order valence-corrected chi connectivity index (χ3v) is 6.36. The zero-order valence-electron chi connectivity index (χ0n) is 18.0. The fraction of sp³-hybridized carbons (Fsp3) is 0.167. The first kappa shape index (κ1) is 23.5. The SMILES string of the molecule is Cc1ccc(N(Cc2ccc(C(=O)N/N=C/c3ccc(Cl)cc3)cc2)S(C)(=O)=O)cc1C. The maximum absolute atomic E-state index is 12.4. The molecule has 6 nitrogen and oxygen atoms in total. The first-order valence-electron chi connectivity index (χ1n) is 9.86. The molecule has 0 aliphatic carbocycles. The number of carbonyl (C=O) groups is 1. The Bertz CT molecular complexity index is 1240. The number of nitrogens with one attached hydrogen (secondary N) is 1. The molecule has 0 saturated heterocycles. The summed E-state index contributed by atoms with van der Waals surface area (Å²) in [6, 6.07) is 19.4. The third kappa shape index (κ3) is 6.18. The average molecular weight is 470 g/mol. The smallest absolute Gasteiger partial charge is 0.267 e. The van der Waals surface area contributed by atoms with E-state index in [9.17, 15) is 13.2 Å². The molecule has 0 aromatic heterocycles. The Morgan fingerprint density at radius 1 is 1.00 bits per heavy atom. The molecule has 0 aliphatic heterocycles. The summed E-state index contributed by atoms with van der Waals surface area (Å²) in [5.41, 5.74) is 7.17. The monoisotopic (exact) mass is 469 g/mol. The van der Waals surface area contributed by atoms with Gasteiger partial charge in [-0.25, -0.2) is 13.8 Å². The van der Waals surface area contributed by atoms with Crippen molar-refractivity contribution in [2.75, 3.05) is 10.6 Å². The number of amides is 1. The van der Waals surface area contributed by atoms with E-state index in [1.807, 2.05) is 26.0 Å². The van der Waals surface area contributed by atoms with E-state index >= 15 is 0 Å². The fourth-order valence-electron chi connectivity index (χ4n) is 2.99. The van der Waals surface area contributed by atoms with Gasteiger partial charge in [0.15, 0.2) is 0 Å². The molecule has 1 amide bonds. The van der Waals surface area contributed by atoms with Crippen molar-refractivity contribution >= 4 is 39.4 Å². The van der Waals surface area contributed by atoms with Crippen molar-refractivity contribution in [3.05, 3.63) is 99.6 Å². The van der Waals surface area contributed by atoms with Crippen LogP contribution in [0.15, 0.2) is 71.8 Å². The van der Waals surface area contributed by atoms with Crippen molar-refractivity contribution in [3.63, 3.8) is 0 Å². The maximum Gasteiger partial charge on any atom is 0.271 e. The second kappa shape index (κ2) is 9.97. The summed E-state index contributed by atoms with van der Waals surface area (Å²) in [5.74, 6) is -0.365. The molecule has 8 heteroatoms. The molecule has 0 atom stereocenters. The Kier molecular flexibility index (Phi) is 7.33. The van der Waals surface area contributed by atoms with Gasteiger partial charge in [0.2, 0.25) is 10.0 Å². The van der Waals surface area contributed by atoms with E-state index in [2.05, 4.69) is 10.5 Å². The van der Waals surface area contributed by atoms with Crippen LogP contribution in [0.1, 0.15) is 32.6 Å². The minimum atomic E-state index is -3.49. The highest BCUT2D eigenvalue weighted by atomic mass is 35.5. The van der Waals surface area contributed by atoms with Gasteiger partial charge in [0.25, 0.3) is 5.91 Å². The Morgan fingerprint density at radius 3 is 2.25 bits per heavy atom. The van der Waals surface area contributed by atoms with Gasteiger partial charge in [-0.2, -0.15) is 5.10 Å². The quantitative estimate of drug-likeness (QED) is 0.403. The van der Waals surface area contributed by atoms with Gasteiger partial charge in [0.1, 0.15) is 0 Å². The lowest BCUT2D eigenvalue weighted by Gasteiger charge is -2.23. The van der Waals surface area contributed by atoms with Gasteiger partial charge in [-0.05, 0) is 72.5 Å². The standard InChI is InChI=1S/C24H24ClN3O3S/c1-17-4-13-23(14-18(17)2)28(32(3,30)31)16-20-5-9-21(10-6-20)24(29)27-26-15-19-7-11-22(25)12-8-19/h4-15H,16H2,1-3H3,(H,27,29)/b26-15+. The molecule has 0 fully saturated rings. The molecular formula is C24H24ClN3O3S. The summed E-state index contributed by atoms with van der Waals surface area (Å²) >= 11 is 5.84. The predicted molar refractivity (Wildman–Crippen MR) is 130 cm³/mol. The van der Waals surface area contributed by atoms with Crippen LogP contribution in [0.4, 0.5) is 5.69 Å². The van der Waals surface area contributed by atoms with Crippen LogP contribution in [-0.2, 0) is 16.6 Å². The summed E-state index contributed by atoms with van der Waals surface area (Å²) in [6.07, 6.45) is 2.71. The highest BCUT2D eigenvalue weighted by Gasteiger charge is 2.18. The first-order valence-corrected chi connectivity index (χ1v) is 12.1. The number of carbonyl (C=O) groups excluding carboxylic acids is 1. The summed E-state index contributed by atoms with van der Waals surface area (Å²) in [5, 5.41) is 4.57. The zero-order valence-corrected chi connectivity index (χ0v) is 19.6. The van der Waals surface area contributed by atoms with E-state index in [-0.39, 0.29) is 12.5 Å². The second-order valence-corrected chi connectivity index (χ2v) is 9.83. The highest BCUT2D eigenvalue weighted by molar-refractivity contribution is 7.92. The summed E-state index contributed by atoms with van der Waals surface area (Å²) in [4.78, 5) is 12.3.